The quantitative estimate of drug-likeness (QED) is 0.879. The molecule has 6 nitrogen and oxygen atoms in total. The first kappa shape index (κ1) is 18.0. The SMILES string of the molecule is CC(=O)N1c2ccc(-c3cnn(CCO)c3)c(OC3CCC3)c2CC[C@@H]1C. The lowest BCUT2D eigenvalue weighted by atomic mass is 9.91. The summed E-state index contributed by atoms with van der Waals surface area (Å²) in [6.07, 6.45) is 9.23. The third kappa shape index (κ3) is 3.34. The van der Waals surface area contributed by atoms with Crippen molar-refractivity contribution in [2.45, 2.75) is 64.6 Å². The van der Waals surface area contributed by atoms with Crippen molar-refractivity contribution in [3.05, 3.63) is 30.1 Å². The van der Waals surface area contributed by atoms with E-state index in [1.807, 2.05) is 29.4 Å². The van der Waals surface area contributed by atoms with E-state index in [-0.39, 0.29) is 24.7 Å². The number of hydrogen-bond acceptors (Lipinski definition) is 4. The van der Waals surface area contributed by atoms with E-state index in [0.717, 1.165) is 53.8 Å². The number of ether oxygens (including phenoxy) is 1. The Bertz CT molecular complexity index is 841. The number of carbonyl (C=O) groups excluding carboxylic acids is 1. The lowest BCUT2D eigenvalue weighted by molar-refractivity contribution is -0.117. The number of hydrogen-bond donors (Lipinski definition) is 1. The molecule has 0 radical (unpaired) electrons. The maximum atomic E-state index is 12.3. The molecule has 1 N–H and O–H groups in total. The first-order valence-electron chi connectivity index (χ1n) is 9.84. The minimum atomic E-state index is 0.0577. The summed E-state index contributed by atoms with van der Waals surface area (Å²) in [6.45, 7) is 4.26. The second-order valence-electron chi connectivity index (χ2n) is 7.60. The molecule has 1 saturated carbocycles. The first-order valence-corrected chi connectivity index (χ1v) is 9.84. The lowest BCUT2D eigenvalue weighted by Crippen LogP contribution is -2.41. The summed E-state index contributed by atoms with van der Waals surface area (Å²) < 4.78 is 8.18. The van der Waals surface area contributed by atoms with Gasteiger partial charge in [0.05, 0.1) is 31.1 Å². The van der Waals surface area contributed by atoms with E-state index >= 15 is 0 Å². The van der Waals surface area contributed by atoms with Crippen LogP contribution < -0.4 is 9.64 Å². The van der Waals surface area contributed by atoms with Crippen LogP contribution in [0.2, 0.25) is 0 Å². The first-order chi connectivity index (χ1) is 13.1. The Morgan fingerprint density at radius 2 is 2.15 bits per heavy atom. The molecule has 2 aliphatic rings. The van der Waals surface area contributed by atoms with Crippen molar-refractivity contribution < 1.29 is 14.6 Å². The molecule has 1 atom stereocenters. The molecule has 1 aliphatic carbocycles. The lowest BCUT2D eigenvalue weighted by Gasteiger charge is -2.37. The van der Waals surface area contributed by atoms with Crippen LogP contribution in [-0.2, 0) is 17.8 Å². The molecule has 1 amide bonds. The van der Waals surface area contributed by atoms with E-state index < -0.39 is 0 Å². The van der Waals surface area contributed by atoms with Crippen molar-refractivity contribution >= 4 is 11.6 Å². The fourth-order valence-corrected chi connectivity index (χ4v) is 4.03. The number of fused-ring (bicyclic) bond motifs is 1. The molecule has 0 spiro atoms. The zero-order chi connectivity index (χ0) is 19.0. The Morgan fingerprint density at radius 1 is 1.33 bits per heavy atom. The predicted molar refractivity (Wildman–Crippen MR) is 104 cm³/mol. The van der Waals surface area contributed by atoms with Gasteiger partial charge >= 0.3 is 0 Å². The standard InChI is InChI=1S/C21H27N3O3/c1-14-6-7-19-20(24(14)15(2)26)9-8-18(21(19)27-17-4-3-5-17)16-12-22-23(13-16)10-11-25/h8-9,12-14,17,25H,3-7,10-11H2,1-2H3/t14-/m0/s1. The van der Waals surface area contributed by atoms with Crippen LogP contribution in [0.25, 0.3) is 11.1 Å². The van der Waals surface area contributed by atoms with Crippen molar-refractivity contribution in [2.24, 2.45) is 0 Å². The molecule has 1 aromatic carbocycles. The van der Waals surface area contributed by atoms with Gasteiger partial charge in [0.1, 0.15) is 5.75 Å². The molecule has 144 valence electrons. The van der Waals surface area contributed by atoms with Gasteiger partial charge in [-0.15, -0.1) is 0 Å². The summed E-state index contributed by atoms with van der Waals surface area (Å²) in [5.74, 6) is 0.973. The third-order valence-corrected chi connectivity index (χ3v) is 5.70. The number of amides is 1. The number of aliphatic hydroxyl groups is 1. The second-order valence-corrected chi connectivity index (χ2v) is 7.60. The van der Waals surface area contributed by atoms with Gasteiger partial charge in [0.25, 0.3) is 0 Å². The van der Waals surface area contributed by atoms with Gasteiger partial charge in [-0.05, 0) is 51.2 Å². The number of carbonyl (C=O) groups is 1. The maximum absolute atomic E-state index is 12.3. The fourth-order valence-electron chi connectivity index (χ4n) is 4.03. The molecule has 1 aromatic heterocycles. The predicted octanol–water partition coefficient (Wildman–Crippen LogP) is 3.16. The van der Waals surface area contributed by atoms with Gasteiger partial charge in [-0.25, -0.2) is 0 Å². The molecular formula is C21H27N3O3. The van der Waals surface area contributed by atoms with Crippen LogP contribution in [0, 0.1) is 0 Å². The number of aromatic nitrogens is 2. The van der Waals surface area contributed by atoms with Gasteiger partial charge in [0.2, 0.25) is 5.91 Å². The minimum Gasteiger partial charge on any atom is -0.489 e. The molecule has 2 heterocycles. The summed E-state index contributed by atoms with van der Waals surface area (Å²) in [5.41, 5.74) is 4.10. The molecule has 27 heavy (non-hydrogen) atoms. The summed E-state index contributed by atoms with van der Waals surface area (Å²) in [6, 6.07) is 4.28. The average Bonchev–Trinajstić information content (AvgIpc) is 3.06. The van der Waals surface area contributed by atoms with Crippen LogP contribution in [-0.4, -0.2) is 39.5 Å². The van der Waals surface area contributed by atoms with Crippen molar-refractivity contribution in [2.75, 3.05) is 11.5 Å². The van der Waals surface area contributed by atoms with Crippen LogP contribution in [0.1, 0.15) is 45.1 Å². The molecule has 0 bridgehead atoms. The van der Waals surface area contributed by atoms with Crippen LogP contribution in [0.5, 0.6) is 5.75 Å². The van der Waals surface area contributed by atoms with Crippen molar-refractivity contribution in [1.29, 1.82) is 0 Å². The minimum absolute atomic E-state index is 0.0577. The molecule has 2 aromatic rings. The maximum Gasteiger partial charge on any atom is 0.224 e. The molecule has 0 saturated heterocycles. The number of aliphatic hydroxyl groups excluding tert-OH is 1. The molecule has 0 unspecified atom stereocenters. The molecule has 6 heteroatoms. The van der Waals surface area contributed by atoms with Gasteiger partial charge < -0.3 is 14.7 Å². The number of rotatable bonds is 5. The Hall–Kier alpha value is -2.34. The monoisotopic (exact) mass is 369 g/mol. The fraction of sp³-hybridized carbons (Fsp3) is 0.524. The highest BCUT2D eigenvalue weighted by atomic mass is 16.5. The van der Waals surface area contributed by atoms with Crippen LogP contribution >= 0.6 is 0 Å². The highest BCUT2D eigenvalue weighted by Gasteiger charge is 2.31. The third-order valence-electron chi connectivity index (χ3n) is 5.70. The van der Waals surface area contributed by atoms with Gasteiger partial charge in [-0.2, -0.15) is 5.10 Å². The van der Waals surface area contributed by atoms with E-state index in [1.165, 1.54) is 6.42 Å². The normalized spacial score (nSPS) is 19.5. The summed E-state index contributed by atoms with van der Waals surface area (Å²) in [7, 11) is 0. The van der Waals surface area contributed by atoms with Gasteiger partial charge in [0, 0.05) is 35.9 Å². The van der Waals surface area contributed by atoms with Gasteiger partial charge in [-0.3, -0.25) is 9.48 Å². The largest absolute Gasteiger partial charge is 0.489 e. The Balaban J connectivity index is 1.80. The van der Waals surface area contributed by atoms with Crippen LogP contribution in [0.3, 0.4) is 0 Å². The van der Waals surface area contributed by atoms with E-state index in [0.29, 0.717) is 6.54 Å². The number of anilines is 1. The Morgan fingerprint density at radius 3 is 2.81 bits per heavy atom. The summed E-state index contributed by atoms with van der Waals surface area (Å²) in [4.78, 5) is 14.1. The molecule has 1 fully saturated rings. The van der Waals surface area contributed by atoms with Crippen molar-refractivity contribution in [3.8, 4) is 16.9 Å². The Labute approximate surface area is 159 Å². The van der Waals surface area contributed by atoms with Gasteiger partial charge in [0.15, 0.2) is 0 Å². The topological polar surface area (TPSA) is 67.6 Å². The smallest absolute Gasteiger partial charge is 0.224 e. The average molecular weight is 369 g/mol. The number of benzene rings is 1. The summed E-state index contributed by atoms with van der Waals surface area (Å²) in [5, 5.41) is 13.5. The second kappa shape index (κ2) is 7.35. The Kier molecular flexibility index (Phi) is 4.91. The van der Waals surface area contributed by atoms with Crippen LogP contribution in [0.15, 0.2) is 24.5 Å². The van der Waals surface area contributed by atoms with Crippen LogP contribution in [0.4, 0.5) is 5.69 Å². The van der Waals surface area contributed by atoms with E-state index in [9.17, 15) is 4.79 Å². The zero-order valence-corrected chi connectivity index (χ0v) is 16.0. The highest BCUT2D eigenvalue weighted by molar-refractivity contribution is 5.95. The molecule has 4 rings (SSSR count). The van der Waals surface area contributed by atoms with Crippen molar-refractivity contribution in [1.82, 2.24) is 9.78 Å². The number of nitrogens with zero attached hydrogens (tertiary/aromatic N) is 3. The summed E-state index contributed by atoms with van der Waals surface area (Å²) >= 11 is 0. The van der Waals surface area contributed by atoms with E-state index in [2.05, 4.69) is 12.0 Å². The van der Waals surface area contributed by atoms with Gasteiger partial charge in [-0.1, -0.05) is 0 Å². The van der Waals surface area contributed by atoms with E-state index in [1.54, 1.807) is 11.6 Å². The van der Waals surface area contributed by atoms with E-state index in [4.69, 9.17) is 9.84 Å². The van der Waals surface area contributed by atoms with Crippen molar-refractivity contribution in [3.63, 3.8) is 0 Å². The highest BCUT2D eigenvalue weighted by Crippen LogP contribution is 2.44. The molecule has 1 aliphatic heterocycles. The zero-order valence-electron chi connectivity index (χ0n) is 16.0. The molecular weight excluding hydrogens is 342 g/mol.